The van der Waals surface area contributed by atoms with Crippen LogP contribution in [0.2, 0.25) is 0 Å². The van der Waals surface area contributed by atoms with E-state index in [0.717, 1.165) is 25.9 Å². The predicted octanol–water partition coefficient (Wildman–Crippen LogP) is 2.20. The van der Waals surface area contributed by atoms with Gasteiger partial charge in [0, 0.05) is 12.8 Å². The van der Waals surface area contributed by atoms with Gasteiger partial charge in [0.25, 0.3) is 0 Å². The molecule has 1 aliphatic carbocycles. The van der Waals surface area contributed by atoms with Crippen LogP contribution in [0.4, 0.5) is 4.39 Å². The normalized spacial score (nSPS) is 28.4. The molecule has 0 saturated heterocycles. The van der Waals surface area contributed by atoms with Crippen LogP contribution in [0.3, 0.4) is 0 Å². The largest absolute Gasteiger partial charge is 0.316 e. The second-order valence-electron chi connectivity index (χ2n) is 5.36. The van der Waals surface area contributed by atoms with Crippen molar-refractivity contribution in [3.05, 3.63) is 34.4 Å². The van der Waals surface area contributed by atoms with E-state index in [4.69, 9.17) is 0 Å². The Morgan fingerprint density at radius 1 is 1.06 bits per heavy atom. The Labute approximate surface area is 96.1 Å². The van der Waals surface area contributed by atoms with Crippen molar-refractivity contribution in [1.29, 1.82) is 0 Å². The Morgan fingerprint density at radius 3 is 2.69 bits per heavy atom. The highest BCUT2D eigenvalue weighted by molar-refractivity contribution is 5.46. The Morgan fingerprint density at radius 2 is 1.81 bits per heavy atom. The number of alkyl halides is 1. The van der Waals surface area contributed by atoms with E-state index in [1.807, 2.05) is 0 Å². The summed E-state index contributed by atoms with van der Waals surface area (Å²) in [6.07, 6.45) is 3.37. The maximum atomic E-state index is 14.1. The Kier molecular flexibility index (Phi) is 2.28. The standard InChI is InChI=1S/C14H18FN/c1-14(15)8-11-3-2-10-4-6-16-7-5-12(10)13(11)9-14/h2-3,16H,4-9H2,1H3. The van der Waals surface area contributed by atoms with Gasteiger partial charge in [-0.3, -0.25) is 0 Å². The number of benzene rings is 1. The molecular weight excluding hydrogens is 201 g/mol. The van der Waals surface area contributed by atoms with Gasteiger partial charge >= 0.3 is 0 Å². The van der Waals surface area contributed by atoms with E-state index in [2.05, 4.69) is 17.4 Å². The number of hydrogen-bond donors (Lipinski definition) is 1. The molecule has 16 heavy (non-hydrogen) atoms. The van der Waals surface area contributed by atoms with Crippen molar-refractivity contribution in [1.82, 2.24) is 5.32 Å². The molecule has 1 unspecified atom stereocenters. The third kappa shape index (κ3) is 1.65. The second-order valence-corrected chi connectivity index (χ2v) is 5.36. The van der Waals surface area contributed by atoms with Crippen molar-refractivity contribution in [3.8, 4) is 0 Å². The molecule has 1 aromatic rings. The van der Waals surface area contributed by atoms with E-state index in [1.54, 1.807) is 6.92 Å². The summed E-state index contributed by atoms with van der Waals surface area (Å²) >= 11 is 0. The molecule has 0 fully saturated rings. The van der Waals surface area contributed by atoms with Crippen molar-refractivity contribution >= 4 is 0 Å². The molecule has 1 N–H and O–H groups in total. The van der Waals surface area contributed by atoms with Gasteiger partial charge in [-0.05, 0) is 55.1 Å². The molecule has 0 spiro atoms. The highest BCUT2D eigenvalue weighted by Gasteiger charge is 2.34. The fraction of sp³-hybridized carbons (Fsp3) is 0.571. The first kappa shape index (κ1) is 10.3. The number of halogens is 1. The SMILES string of the molecule is CC1(F)Cc2ccc3c(c2C1)CCNCC3. The molecule has 0 bridgehead atoms. The van der Waals surface area contributed by atoms with Crippen LogP contribution < -0.4 is 5.32 Å². The van der Waals surface area contributed by atoms with E-state index >= 15 is 0 Å². The average Bonchev–Trinajstić information content (AvgIpc) is 2.44. The lowest BCUT2D eigenvalue weighted by Crippen LogP contribution is -2.17. The Balaban J connectivity index is 2.07. The summed E-state index contributed by atoms with van der Waals surface area (Å²) in [4.78, 5) is 0. The third-order valence-electron chi connectivity index (χ3n) is 3.85. The van der Waals surface area contributed by atoms with Gasteiger partial charge in [-0.2, -0.15) is 0 Å². The topological polar surface area (TPSA) is 12.0 Å². The fourth-order valence-corrected chi connectivity index (χ4v) is 3.11. The number of rotatable bonds is 0. The lowest BCUT2D eigenvalue weighted by atomic mass is 9.94. The third-order valence-corrected chi connectivity index (χ3v) is 3.85. The molecule has 0 saturated carbocycles. The van der Waals surface area contributed by atoms with Crippen LogP contribution in [-0.2, 0) is 25.7 Å². The maximum absolute atomic E-state index is 14.1. The molecule has 3 rings (SSSR count). The van der Waals surface area contributed by atoms with Gasteiger partial charge in [0.05, 0.1) is 0 Å². The molecule has 0 radical (unpaired) electrons. The lowest BCUT2D eigenvalue weighted by Gasteiger charge is -2.12. The first-order valence-electron chi connectivity index (χ1n) is 6.18. The molecule has 0 aromatic heterocycles. The first-order valence-corrected chi connectivity index (χ1v) is 6.18. The van der Waals surface area contributed by atoms with E-state index in [-0.39, 0.29) is 0 Å². The van der Waals surface area contributed by atoms with E-state index < -0.39 is 5.67 Å². The van der Waals surface area contributed by atoms with Gasteiger partial charge in [0.1, 0.15) is 5.67 Å². The summed E-state index contributed by atoms with van der Waals surface area (Å²) in [5.74, 6) is 0. The molecule has 1 heterocycles. The minimum atomic E-state index is -1.02. The van der Waals surface area contributed by atoms with Gasteiger partial charge in [0.15, 0.2) is 0 Å². The van der Waals surface area contributed by atoms with Gasteiger partial charge < -0.3 is 5.32 Å². The van der Waals surface area contributed by atoms with Crippen molar-refractivity contribution in [2.24, 2.45) is 0 Å². The van der Waals surface area contributed by atoms with Gasteiger partial charge in [-0.1, -0.05) is 12.1 Å². The lowest BCUT2D eigenvalue weighted by molar-refractivity contribution is 0.205. The van der Waals surface area contributed by atoms with Gasteiger partial charge in [-0.15, -0.1) is 0 Å². The Bertz CT molecular complexity index is 423. The molecule has 86 valence electrons. The molecule has 2 heteroatoms. The van der Waals surface area contributed by atoms with Crippen LogP contribution in [0.1, 0.15) is 29.2 Å². The summed E-state index contributed by atoms with van der Waals surface area (Å²) in [6.45, 7) is 3.82. The summed E-state index contributed by atoms with van der Waals surface area (Å²) in [7, 11) is 0. The van der Waals surface area contributed by atoms with Gasteiger partial charge in [-0.25, -0.2) is 4.39 Å². The van der Waals surface area contributed by atoms with E-state index in [1.165, 1.54) is 22.3 Å². The maximum Gasteiger partial charge on any atom is 0.116 e. The molecule has 1 aliphatic heterocycles. The number of nitrogens with one attached hydrogen (secondary N) is 1. The van der Waals surface area contributed by atoms with E-state index in [9.17, 15) is 4.39 Å². The highest BCUT2D eigenvalue weighted by atomic mass is 19.1. The quantitative estimate of drug-likeness (QED) is 0.705. The fourth-order valence-electron chi connectivity index (χ4n) is 3.11. The van der Waals surface area contributed by atoms with Crippen LogP contribution >= 0.6 is 0 Å². The van der Waals surface area contributed by atoms with Crippen molar-refractivity contribution in [2.45, 2.75) is 38.3 Å². The number of fused-ring (bicyclic) bond motifs is 3. The van der Waals surface area contributed by atoms with Crippen LogP contribution in [0.25, 0.3) is 0 Å². The summed E-state index contributed by atoms with van der Waals surface area (Å²) in [6, 6.07) is 4.35. The van der Waals surface area contributed by atoms with Crippen LogP contribution in [-0.4, -0.2) is 18.8 Å². The smallest absolute Gasteiger partial charge is 0.116 e. The first-order chi connectivity index (χ1) is 7.66. The minimum absolute atomic E-state index is 0.600. The van der Waals surface area contributed by atoms with Crippen LogP contribution in [0.15, 0.2) is 12.1 Å². The summed E-state index contributed by atoms with van der Waals surface area (Å²) in [5.41, 5.74) is 4.40. The zero-order valence-electron chi connectivity index (χ0n) is 9.78. The monoisotopic (exact) mass is 219 g/mol. The molecule has 2 aliphatic rings. The molecule has 0 amide bonds. The Hall–Kier alpha value is -0.890. The zero-order chi connectivity index (χ0) is 11.2. The molecular formula is C14H18FN. The predicted molar refractivity (Wildman–Crippen MR) is 63.6 cm³/mol. The highest BCUT2D eigenvalue weighted by Crippen LogP contribution is 2.36. The summed E-state index contributed by atoms with van der Waals surface area (Å²) in [5, 5.41) is 3.41. The molecule has 1 nitrogen and oxygen atoms in total. The van der Waals surface area contributed by atoms with Crippen molar-refractivity contribution < 1.29 is 4.39 Å². The second kappa shape index (κ2) is 3.56. The molecule has 1 aromatic carbocycles. The van der Waals surface area contributed by atoms with Crippen LogP contribution in [0, 0.1) is 0 Å². The van der Waals surface area contributed by atoms with Gasteiger partial charge in [0.2, 0.25) is 0 Å². The van der Waals surface area contributed by atoms with E-state index in [0.29, 0.717) is 12.8 Å². The zero-order valence-corrected chi connectivity index (χ0v) is 9.78. The minimum Gasteiger partial charge on any atom is -0.316 e. The molecule has 1 atom stereocenters. The van der Waals surface area contributed by atoms with Crippen molar-refractivity contribution in [3.63, 3.8) is 0 Å². The van der Waals surface area contributed by atoms with Crippen molar-refractivity contribution in [2.75, 3.05) is 13.1 Å². The average molecular weight is 219 g/mol. The van der Waals surface area contributed by atoms with Crippen LogP contribution in [0.5, 0.6) is 0 Å². The summed E-state index contributed by atoms with van der Waals surface area (Å²) < 4.78 is 14.1. The number of hydrogen-bond acceptors (Lipinski definition) is 1.